The van der Waals surface area contributed by atoms with Crippen molar-refractivity contribution in [3.63, 3.8) is 0 Å². The van der Waals surface area contributed by atoms with Crippen molar-refractivity contribution in [2.75, 3.05) is 0 Å². The number of fused-ring (bicyclic) bond motifs is 1. The van der Waals surface area contributed by atoms with E-state index in [2.05, 4.69) is 57.5 Å². The van der Waals surface area contributed by atoms with Crippen LogP contribution in [0, 0.1) is 20.8 Å². The van der Waals surface area contributed by atoms with Gasteiger partial charge < -0.3 is 14.8 Å². The summed E-state index contributed by atoms with van der Waals surface area (Å²) in [6.45, 7) is 6.04. The van der Waals surface area contributed by atoms with E-state index in [1.165, 1.54) is 22.5 Å². The standard InChI is InChI=1S/C23H23N5O3S2/c1-11-4-5-12(2)15(8-11)32-10-16-25-21(29)18-13(3)19(33-23(18)26-16)22(30)24-9-17-27-20(28-31-17)14-6-7-14/h4-5,8,14H,6-7,9-10H2,1-3H3,(H,24,30)(H,25,26,29). The molecule has 3 aromatic heterocycles. The maximum absolute atomic E-state index is 12.8. The first-order valence-corrected chi connectivity index (χ1v) is 12.5. The molecule has 1 fully saturated rings. The van der Waals surface area contributed by atoms with Crippen LogP contribution in [0.5, 0.6) is 0 Å². The number of benzene rings is 1. The van der Waals surface area contributed by atoms with Crippen LogP contribution in [0.15, 0.2) is 32.4 Å². The fourth-order valence-corrected chi connectivity index (χ4v) is 5.68. The van der Waals surface area contributed by atoms with Crippen molar-refractivity contribution in [1.82, 2.24) is 25.4 Å². The Balaban J connectivity index is 1.32. The monoisotopic (exact) mass is 481 g/mol. The lowest BCUT2D eigenvalue weighted by Gasteiger charge is -2.06. The number of amides is 1. The van der Waals surface area contributed by atoms with E-state index in [-0.39, 0.29) is 18.0 Å². The van der Waals surface area contributed by atoms with E-state index in [0.29, 0.717) is 49.9 Å². The molecule has 8 nitrogen and oxygen atoms in total. The van der Waals surface area contributed by atoms with E-state index in [0.717, 1.165) is 17.7 Å². The van der Waals surface area contributed by atoms with Crippen LogP contribution in [0.2, 0.25) is 0 Å². The van der Waals surface area contributed by atoms with E-state index in [1.807, 2.05) is 0 Å². The highest BCUT2D eigenvalue weighted by Crippen LogP contribution is 2.38. The highest BCUT2D eigenvalue weighted by Gasteiger charge is 2.29. The number of thiophene rings is 1. The predicted octanol–water partition coefficient (Wildman–Crippen LogP) is 4.39. The number of aromatic nitrogens is 4. The molecule has 0 aliphatic heterocycles. The number of nitrogens with zero attached hydrogens (tertiary/aromatic N) is 3. The minimum absolute atomic E-state index is 0.147. The smallest absolute Gasteiger partial charge is 0.262 e. The summed E-state index contributed by atoms with van der Waals surface area (Å²) in [7, 11) is 0. The van der Waals surface area contributed by atoms with Crippen molar-refractivity contribution in [1.29, 1.82) is 0 Å². The molecule has 0 atom stereocenters. The van der Waals surface area contributed by atoms with Crippen LogP contribution in [0.4, 0.5) is 0 Å². The van der Waals surface area contributed by atoms with Gasteiger partial charge in [-0.2, -0.15) is 4.98 Å². The second-order valence-electron chi connectivity index (χ2n) is 8.31. The van der Waals surface area contributed by atoms with Crippen LogP contribution in [0.1, 0.15) is 62.7 Å². The van der Waals surface area contributed by atoms with Gasteiger partial charge in [-0.3, -0.25) is 9.59 Å². The van der Waals surface area contributed by atoms with Gasteiger partial charge in [0.1, 0.15) is 10.7 Å². The van der Waals surface area contributed by atoms with Gasteiger partial charge in [0, 0.05) is 10.8 Å². The average molecular weight is 482 g/mol. The fourth-order valence-electron chi connectivity index (χ4n) is 3.57. The molecule has 2 N–H and O–H groups in total. The van der Waals surface area contributed by atoms with Crippen LogP contribution in [0.3, 0.4) is 0 Å². The summed E-state index contributed by atoms with van der Waals surface area (Å²) in [6, 6.07) is 6.30. The van der Waals surface area contributed by atoms with Gasteiger partial charge >= 0.3 is 0 Å². The lowest BCUT2D eigenvalue weighted by molar-refractivity contribution is 0.0950. The van der Waals surface area contributed by atoms with Gasteiger partial charge in [0.25, 0.3) is 11.5 Å². The Morgan fingerprint density at radius 3 is 2.88 bits per heavy atom. The lowest BCUT2D eigenvalue weighted by Crippen LogP contribution is -2.22. The van der Waals surface area contributed by atoms with Crippen molar-refractivity contribution >= 4 is 39.2 Å². The topological polar surface area (TPSA) is 114 Å². The van der Waals surface area contributed by atoms with Gasteiger partial charge in [0.15, 0.2) is 5.82 Å². The predicted molar refractivity (Wildman–Crippen MR) is 128 cm³/mol. The molecule has 170 valence electrons. The summed E-state index contributed by atoms with van der Waals surface area (Å²) in [5, 5.41) is 7.23. The molecule has 5 rings (SSSR count). The molecule has 33 heavy (non-hydrogen) atoms. The minimum atomic E-state index is -0.285. The van der Waals surface area contributed by atoms with Crippen LogP contribution < -0.4 is 10.9 Å². The highest BCUT2D eigenvalue weighted by atomic mass is 32.2. The summed E-state index contributed by atoms with van der Waals surface area (Å²) >= 11 is 2.86. The number of carbonyl (C=O) groups excluding carboxylic acids is 1. The number of rotatable bonds is 7. The van der Waals surface area contributed by atoms with Crippen molar-refractivity contribution < 1.29 is 9.32 Å². The number of aromatic amines is 1. The Labute approximate surface area is 198 Å². The zero-order valence-electron chi connectivity index (χ0n) is 18.5. The number of aryl methyl sites for hydroxylation is 3. The van der Waals surface area contributed by atoms with Crippen LogP contribution in [-0.4, -0.2) is 26.0 Å². The summed E-state index contributed by atoms with van der Waals surface area (Å²) < 4.78 is 5.21. The third-order valence-electron chi connectivity index (χ3n) is 5.59. The summed E-state index contributed by atoms with van der Waals surface area (Å²) in [4.78, 5) is 39.6. The van der Waals surface area contributed by atoms with E-state index >= 15 is 0 Å². The number of carbonyl (C=O) groups is 1. The molecule has 1 aromatic carbocycles. The molecule has 0 unspecified atom stereocenters. The van der Waals surface area contributed by atoms with Crippen molar-refractivity contribution in [2.45, 2.75) is 56.7 Å². The Hall–Kier alpha value is -2.98. The number of hydrogen-bond donors (Lipinski definition) is 2. The first kappa shape index (κ1) is 21.8. The van der Waals surface area contributed by atoms with Crippen molar-refractivity contribution in [3.05, 3.63) is 67.7 Å². The second kappa shape index (κ2) is 8.75. The molecule has 10 heteroatoms. The molecule has 1 aliphatic rings. The second-order valence-corrected chi connectivity index (χ2v) is 10.3. The number of nitrogens with one attached hydrogen (secondary N) is 2. The summed E-state index contributed by atoms with van der Waals surface area (Å²) in [5.74, 6) is 2.32. The van der Waals surface area contributed by atoms with Crippen LogP contribution >= 0.6 is 23.1 Å². The van der Waals surface area contributed by atoms with Gasteiger partial charge in [-0.05, 0) is 50.8 Å². The van der Waals surface area contributed by atoms with Crippen LogP contribution in [0.25, 0.3) is 10.2 Å². The van der Waals surface area contributed by atoms with E-state index < -0.39 is 0 Å². The molecule has 0 saturated heterocycles. The third-order valence-corrected chi connectivity index (χ3v) is 7.94. The quantitative estimate of drug-likeness (QED) is 0.376. The molecule has 3 heterocycles. The molecular weight excluding hydrogens is 458 g/mol. The first-order valence-electron chi connectivity index (χ1n) is 10.7. The molecule has 1 saturated carbocycles. The maximum atomic E-state index is 12.8. The summed E-state index contributed by atoms with van der Waals surface area (Å²) in [6.07, 6.45) is 2.16. The van der Waals surface area contributed by atoms with Gasteiger partial charge in [-0.25, -0.2) is 4.98 Å². The Morgan fingerprint density at radius 2 is 2.09 bits per heavy atom. The molecule has 0 radical (unpaired) electrons. The van der Waals surface area contributed by atoms with Gasteiger partial charge in [0.05, 0.1) is 22.6 Å². The van der Waals surface area contributed by atoms with E-state index in [9.17, 15) is 9.59 Å². The lowest BCUT2D eigenvalue weighted by atomic mass is 10.2. The zero-order chi connectivity index (χ0) is 23.1. The summed E-state index contributed by atoms with van der Waals surface area (Å²) in [5.41, 5.74) is 2.77. The fraction of sp³-hybridized carbons (Fsp3) is 0.348. The van der Waals surface area contributed by atoms with Crippen LogP contribution in [-0.2, 0) is 12.3 Å². The molecule has 4 aromatic rings. The number of hydrogen-bond acceptors (Lipinski definition) is 8. The third kappa shape index (κ3) is 4.58. The minimum Gasteiger partial charge on any atom is -0.342 e. The number of H-pyrrole nitrogens is 1. The SMILES string of the molecule is Cc1ccc(C)c(SCc2nc3sc(C(=O)NCc4nc(C5CC5)no4)c(C)c3c(=O)[nH]2)c1. The van der Waals surface area contributed by atoms with E-state index in [1.54, 1.807) is 18.7 Å². The Kier molecular flexibility index (Phi) is 5.79. The normalized spacial score (nSPS) is 13.5. The molecular formula is C23H23N5O3S2. The molecule has 0 spiro atoms. The molecule has 0 bridgehead atoms. The van der Waals surface area contributed by atoms with Crippen molar-refractivity contribution in [2.24, 2.45) is 0 Å². The zero-order valence-corrected chi connectivity index (χ0v) is 20.2. The van der Waals surface area contributed by atoms with Gasteiger partial charge in [0.2, 0.25) is 5.89 Å². The van der Waals surface area contributed by atoms with Crippen molar-refractivity contribution in [3.8, 4) is 0 Å². The number of thioether (sulfide) groups is 1. The molecule has 1 amide bonds. The Morgan fingerprint density at radius 1 is 1.27 bits per heavy atom. The van der Waals surface area contributed by atoms with Gasteiger partial charge in [-0.1, -0.05) is 22.9 Å². The maximum Gasteiger partial charge on any atom is 0.262 e. The average Bonchev–Trinajstić information content (AvgIpc) is 3.43. The Bertz CT molecular complexity index is 1420. The first-order chi connectivity index (χ1) is 15.9. The van der Waals surface area contributed by atoms with Gasteiger partial charge in [-0.15, -0.1) is 23.1 Å². The largest absolute Gasteiger partial charge is 0.342 e. The highest BCUT2D eigenvalue weighted by molar-refractivity contribution is 7.98. The molecule has 1 aliphatic carbocycles. The van der Waals surface area contributed by atoms with E-state index in [4.69, 9.17) is 4.52 Å².